The van der Waals surface area contributed by atoms with Crippen molar-refractivity contribution in [2.24, 2.45) is 0 Å². The van der Waals surface area contributed by atoms with E-state index in [1.54, 1.807) is 6.26 Å². The summed E-state index contributed by atoms with van der Waals surface area (Å²) in [5.74, 6) is 0. The number of thiol groups is 2. The van der Waals surface area contributed by atoms with Gasteiger partial charge in [0.25, 0.3) is 0 Å². The van der Waals surface area contributed by atoms with Crippen molar-refractivity contribution in [1.29, 1.82) is 0 Å². The maximum atomic E-state index is 5.20. The first-order chi connectivity index (χ1) is 4.88. The molecule has 0 saturated carbocycles. The van der Waals surface area contributed by atoms with Crippen LogP contribution in [0.15, 0.2) is 23.3 Å². The number of hydrogen-bond acceptors (Lipinski definition) is 5. The summed E-state index contributed by atoms with van der Waals surface area (Å²) in [6, 6.07) is 0. The van der Waals surface area contributed by atoms with Crippen LogP contribution in [-0.2, 0) is 4.74 Å². The van der Waals surface area contributed by atoms with Gasteiger partial charge in [-0.2, -0.15) is 0 Å². The third-order valence-corrected chi connectivity index (χ3v) is 3.45. The molecule has 5 heteroatoms. The normalized spacial score (nSPS) is 23.8. The molecular formula is C5H6OS4. The highest BCUT2D eigenvalue weighted by Crippen LogP contribution is 2.35. The van der Waals surface area contributed by atoms with E-state index >= 15 is 0 Å². The third-order valence-electron chi connectivity index (χ3n) is 0.975. The molecule has 0 aromatic rings. The highest BCUT2D eigenvalue weighted by Gasteiger charge is 2.14. The molecular weight excluding hydrogens is 204 g/mol. The molecule has 1 unspecified atom stereocenters. The van der Waals surface area contributed by atoms with Gasteiger partial charge in [-0.05, 0) is 22.9 Å². The smallest absolute Gasteiger partial charge is 0.184 e. The van der Waals surface area contributed by atoms with Crippen molar-refractivity contribution in [3.05, 3.63) is 23.3 Å². The van der Waals surface area contributed by atoms with Crippen molar-refractivity contribution >= 4 is 44.9 Å². The van der Waals surface area contributed by atoms with Gasteiger partial charge in [0.05, 0.1) is 6.26 Å². The van der Waals surface area contributed by atoms with Crippen LogP contribution in [0, 0.1) is 0 Å². The van der Waals surface area contributed by atoms with Crippen LogP contribution in [0.4, 0.5) is 0 Å². The van der Waals surface area contributed by atoms with Crippen LogP contribution in [-0.4, -0.2) is 5.44 Å². The molecule has 56 valence electrons. The molecule has 1 nitrogen and oxygen atoms in total. The molecule has 0 amide bonds. The molecule has 0 spiro atoms. The van der Waals surface area contributed by atoms with E-state index in [4.69, 9.17) is 4.74 Å². The van der Waals surface area contributed by atoms with E-state index in [-0.39, 0.29) is 5.44 Å². The first-order valence-electron chi connectivity index (χ1n) is 2.52. The van der Waals surface area contributed by atoms with Gasteiger partial charge in [-0.3, -0.25) is 0 Å². The average Bonchev–Trinajstić information content (AvgIpc) is 2.04. The van der Waals surface area contributed by atoms with E-state index in [2.05, 4.69) is 23.3 Å². The van der Waals surface area contributed by atoms with Crippen LogP contribution in [0.2, 0.25) is 0 Å². The van der Waals surface area contributed by atoms with Gasteiger partial charge in [0.15, 0.2) is 5.44 Å². The minimum Gasteiger partial charge on any atom is -0.481 e. The van der Waals surface area contributed by atoms with Crippen molar-refractivity contribution in [2.75, 3.05) is 0 Å². The van der Waals surface area contributed by atoms with Crippen LogP contribution in [0.25, 0.3) is 0 Å². The van der Waals surface area contributed by atoms with Crippen molar-refractivity contribution in [3.63, 3.8) is 0 Å². The van der Waals surface area contributed by atoms with E-state index in [1.807, 2.05) is 12.2 Å². The van der Waals surface area contributed by atoms with Crippen LogP contribution < -0.4 is 0 Å². The zero-order chi connectivity index (χ0) is 7.40. The molecule has 1 heterocycles. The molecule has 1 rings (SSSR count). The molecule has 0 saturated heterocycles. The molecule has 1 atom stereocenters. The first-order valence-corrected chi connectivity index (χ1v) is 6.32. The van der Waals surface area contributed by atoms with Gasteiger partial charge < -0.3 is 4.74 Å². The van der Waals surface area contributed by atoms with Crippen molar-refractivity contribution in [1.82, 2.24) is 0 Å². The fourth-order valence-electron chi connectivity index (χ4n) is 0.547. The maximum absolute atomic E-state index is 5.20. The molecule has 0 aromatic carbocycles. The van der Waals surface area contributed by atoms with Gasteiger partial charge in [-0.25, -0.2) is 0 Å². The van der Waals surface area contributed by atoms with Crippen LogP contribution >= 0.6 is 44.9 Å². The molecule has 0 fully saturated rings. The Balaban J connectivity index is 2.61. The minimum atomic E-state index is 0.0100. The quantitative estimate of drug-likeness (QED) is 0.536. The number of allylic oxidation sites excluding steroid dienone is 2. The van der Waals surface area contributed by atoms with Crippen molar-refractivity contribution < 1.29 is 4.74 Å². The minimum absolute atomic E-state index is 0.0100. The zero-order valence-electron chi connectivity index (χ0n) is 4.93. The molecule has 0 aromatic heterocycles. The molecule has 10 heavy (non-hydrogen) atoms. The lowest BCUT2D eigenvalue weighted by atomic mass is 10.4. The Morgan fingerprint density at radius 2 is 2.30 bits per heavy atom. The first kappa shape index (κ1) is 8.77. The maximum Gasteiger partial charge on any atom is 0.184 e. The van der Waals surface area contributed by atoms with Crippen molar-refractivity contribution in [2.45, 2.75) is 5.44 Å². The molecule has 1 aliphatic heterocycles. The lowest BCUT2D eigenvalue weighted by molar-refractivity contribution is 0.255. The number of ether oxygens (including phenoxy) is 1. The summed E-state index contributed by atoms with van der Waals surface area (Å²) >= 11 is 8.11. The van der Waals surface area contributed by atoms with Crippen molar-refractivity contribution in [3.8, 4) is 0 Å². The predicted molar refractivity (Wildman–Crippen MR) is 55.3 cm³/mol. The molecule has 0 N–H and O–H groups in total. The van der Waals surface area contributed by atoms with E-state index in [9.17, 15) is 0 Å². The Labute approximate surface area is 78.3 Å². The second kappa shape index (κ2) is 4.54. The summed E-state index contributed by atoms with van der Waals surface area (Å²) in [7, 11) is 2.75. The monoisotopic (exact) mass is 210 g/mol. The van der Waals surface area contributed by atoms with Gasteiger partial charge in [0, 0.05) is 4.91 Å². The SMILES string of the molecule is SSC1=CC=COC1SS. The van der Waals surface area contributed by atoms with Gasteiger partial charge in [-0.15, -0.1) is 23.3 Å². The molecule has 0 radical (unpaired) electrons. The van der Waals surface area contributed by atoms with Gasteiger partial charge in [0.2, 0.25) is 0 Å². The largest absolute Gasteiger partial charge is 0.481 e. The summed E-state index contributed by atoms with van der Waals surface area (Å²) in [5.41, 5.74) is 0.0100. The van der Waals surface area contributed by atoms with Crippen LogP contribution in [0.1, 0.15) is 0 Å². The Morgan fingerprint density at radius 1 is 1.50 bits per heavy atom. The average molecular weight is 210 g/mol. The molecule has 0 bridgehead atoms. The Bertz CT molecular complexity index is 165. The second-order valence-electron chi connectivity index (χ2n) is 1.56. The van der Waals surface area contributed by atoms with Crippen LogP contribution in [0.5, 0.6) is 0 Å². The summed E-state index contributed by atoms with van der Waals surface area (Å²) in [6.45, 7) is 0. The highest BCUT2D eigenvalue weighted by atomic mass is 33.1. The highest BCUT2D eigenvalue weighted by molar-refractivity contribution is 8.71. The fourth-order valence-corrected chi connectivity index (χ4v) is 2.80. The lowest BCUT2D eigenvalue weighted by Gasteiger charge is -2.16. The van der Waals surface area contributed by atoms with E-state index in [0.717, 1.165) is 4.91 Å². The number of rotatable bonds is 2. The summed E-state index contributed by atoms with van der Waals surface area (Å²) < 4.78 is 5.20. The molecule has 1 aliphatic rings. The van der Waals surface area contributed by atoms with E-state index in [1.165, 1.54) is 21.6 Å². The topological polar surface area (TPSA) is 9.23 Å². The Morgan fingerprint density at radius 3 is 2.80 bits per heavy atom. The third kappa shape index (κ3) is 2.08. The predicted octanol–water partition coefficient (Wildman–Crippen LogP) is 2.90. The molecule has 0 aliphatic carbocycles. The van der Waals surface area contributed by atoms with Gasteiger partial charge in [-0.1, -0.05) is 10.8 Å². The lowest BCUT2D eigenvalue weighted by Crippen LogP contribution is -2.05. The van der Waals surface area contributed by atoms with E-state index < -0.39 is 0 Å². The Kier molecular flexibility index (Phi) is 3.98. The summed E-state index contributed by atoms with van der Waals surface area (Å²) in [6.07, 6.45) is 5.47. The standard InChI is InChI=1S/C5H6OS4/c7-9-4-2-1-3-6-5(4)10-8/h1-3,5,7-8H. The second-order valence-corrected chi connectivity index (χ2v) is 4.04. The van der Waals surface area contributed by atoms with E-state index in [0.29, 0.717) is 0 Å². The fraction of sp³-hybridized carbons (Fsp3) is 0.200. The van der Waals surface area contributed by atoms with Crippen LogP contribution in [0.3, 0.4) is 0 Å². The van der Waals surface area contributed by atoms with Gasteiger partial charge in [0.1, 0.15) is 0 Å². The summed E-state index contributed by atoms with van der Waals surface area (Å²) in [5, 5.41) is 0. The Hall–Kier alpha value is 0.680. The zero-order valence-corrected chi connectivity index (χ0v) is 8.35. The summed E-state index contributed by atoms with van der Waals surface area (Å²) in [4.78, 5) is 1.07. The van der Waals surface area contributed by atoms with Gasteiger partial charge >= 0.3 is 0 Å². The number of hydrogen-bond donors (Lipinski definition) is 2.